The number of benzene rings is 1. The number of hydrogen-bond acceptors (Lipinski definition) is 2. The van der Waals surface area contributed by atoms with E-state index in [0.717, 1.165) is 18.5 Å². The van der Waals surface area contributed by atoms with Gasteiger partial charge in [-0.15, -0.1) is 0 Å². The molecule has 5 nitrogen and oxygen atoms in total. The van der Waals surface area contributed by atoms with E-state index in [1.54, 1.807) is 25.2 Å². The lowest BCUT2D eigenvalue weighted by molar-refractivity contribution is -0.126. The highest BCUT2D eigenvalue weighted by molar-refractivity contribution is 6.42. The third-order valence-corrected chi connectivity index (χ3v) is 5.50. The van der Waals surface area contributed by atoms with E-state index in [1.165, 1.54) is 4.90 Å². The van der Waals surface area contributed by atoms with Gasteiger partial charge in [0.15, 0.2) is 0 Å². The second-order valence-corrected chi connectivity index (χ2v) is 6.89. The van der Waals surface area contributed by atoms with Crippen LogP contribution in [0.1, 0.15) is 24.4 Å². The molecule has 0 spiro atoms. The fraction of sp³-hybridized carbons (Fsp3) is 0.375. The highest BCUT2D eigenvalue weighted by atomic mass is 35.5. The van der Waals surface area contributed by atoms with Gasteiger partial charge in [-0.05, 0) is 24.5 Å². The van der Waals surface area contributed by atoms with Crippen molar-refractivity contribution in [2.24, 2.45) is 0 Å². The zero-order valence-electron chi connectivity index (χ0n) is 12.5. The average Bonchev–Trinajstić information content (AvgIpc) is 3.30. The molecular weight excluding hydrogens is 337 g/mol. The van der Waals surface area contributed by atoms with Gasteiger partial charge in [-0.1, -0.05) is 35.3 Å². The van der Waals surface area contributed by atoms with Crippen molar-refractivity contribution in [2.75, 3.05) is 13.6 Å². The molecule has 120 valence electrons. The van der Waals surface area contributed by atoms with Crippen molar-refractivity contribution in [3.05, 3.63) is 45.1 Å². The van der Waals surface area contributed by atoms with E-state index in [2.05, 4.69) is 5.32 Å². The summed E-state index contributed by atoms with van der Waals surface area (Å²) in [5, 5.41) is 3.65. The first-order valence-corrected chi connectivity index (χ1v) is 8.26. The molecule has 7 heteroatoms. The normalized spacial score (nSPS) is 24.2. The SMILES string of the molecule is CN1C(=O)N[C@H](c2cccc(Cl)c2Cl)C2=C1CN(C1CC1)C2=O. The van der Waals surface area contributed by atoms with Gasteiger partial charge in [0.25, 0.3) is 5.91 Å². The van der Waals surface area contributed by atoms with Crippen LogP contribution >= 0.6 is 23.2 Å². The minimum atomic E-state index is -0.559. The summed E-state index contributed by atoms with van der Waals surface area (Å²) in [6.45, 7) is 0.484. The van der Waals surface area contributed by atoms with E-state index in [1.807, 2.05) is 4.90 Å². The van der Waals surface area contributed by atoms with Gasteiger partial charge < -0.3 is 10.2 Å². The van der Waals surface area contributed by atoms with Crippen LogP contribution in [0.25, 0.3) is 0 Å². The number of nitrogens with zero attached hydrogens (tertiary/aromatic N) is 2. The summed E-state index contributed by atoms with van der Waals surface area (Å²) in [6, 6.07) is 4.75. The Labute approximate surface area is 143 Å². The highest BCUT2D eigenvalue weighted by Crippen LogP contribution is 2.42. The Morgan fingerprint density at radius 2 is 1.96 bits per heavy atom. The van der Waals surface area contributed by atoms with Crippen molar-refractivity contribution in [2.45, 2.75) is 24.9 Å². The van der Waals surface area contributed by atoms with Gasteiger partial charge in [0.05, 0.1) is 33.9 Å². The summed E-state index contributed by atoms with van der Waals surface area (Å²) >= 11 is 12.4. The number of halogens is 2. The number of amides is 3. The third kappa shape index (κ3) is 2.22. The van der Waals surface area contributed by atoms with Crippen LogP contribution in [0, 0.1) is 0 Å². The molecule has 3 aliphatic rings. The molecule has 1 aromatic rings. The fourth-order valence-corrected chi connectivity index (χ4v) is 3.66. The Morgan fingerprint density at radius 3 is 2.65 bits per heavy atom. The van der Waals surface area contributed by atoms with Crippen molar-refractivity contribution >= 4 is 35.1 Å². The number of rotatable bonds is 2. The molecule has 3 amide bonds. The Morgan fingerprint density at radius 1 is 1.22 bits per heavy atom. The summed E-state index contributed by atoms with van der Waals surface area (Å²) in [4.78, 5) is 28.5. The standard InChI is InChI=1S/C16H15Cl2N3O2/c1-20-11-7-21(8-5-6-8)15(22)12(11)14(19-16(20)23)9-3-2-4-10(17)13(9)18/h2-4,8,14H,5-7H2,1H3,(H,19,23)/t14-/m1/s1. The first kappa shape index (κ1) is 14.8. The van der Waals surface area contributed by atoms with E-state index < -0.39 is 6.04 Å². The maximum Gasteiger partial charge on any atom is 0.322 e. The lowest BCUT2D eigenvalue weighted by atomic mass is 9.95. The molecule has 0 unspecified atom stereocenters. The lowest BCUT2D eigenvalue weighted by Crippen LogP contribution is -2.45. The second kappa shape index (κ2) is 5.14. The van der Waals surface area contributed by atoms with Crippen LogP contribution in [0.3, 0.4) is 0 Å². The molecular formula is C16H15Cl2N3O2. The molecule has 1 fully saturated rings. The van der Waals surface area contributed by atoms with Gasteiger partial charge in [0, 0.05) is 13.1 Å². The summed E-state index contributed by atoms with van der Waals surface area (Å²) < 4.78 is 0. The largest absolute Gasteiger partial charge is 0.330 e. The topological polar surface area (TPSA) is 52.7 Å². The molecule has 1 atom stereocenters. The minimum absolute atomic E-state index is 0.0182. The van der Waals surface area contributed by atoms with Crippen LogP contribution in [-0.4, -0.2) is 41.4 Å². The summed E-state index contributed by atoms with van der Waals surface area (Å²) in [5.41, 5.74) is 2.01. The maximum atomic E-state index is 12.9. The number of nitrogens with one attached hydrogen (secondary N) is 1. The average molecular weight is 352 g/mol. The highest BCUT2D eigenvalue weighted by Gasteiger charge is 2.47. The van der Waals surface area contributed by atoms with Crippen LogP contribution in [-0.2, 0) is 4.79 Å². The number of carbonyl (C=O) groups excluding carboxylic acids is 2. The quantitative estimate of drug-likeness (QED) is 0.890. The predicted octanol–water partition coefficient (Wildman–Crippen LogP) is 2.95. The van der Waals surface area contributed by atoms with E-state index in [4.69, 9.17) is 23.2 Å². The second-order valence-electron chi connectivity index (χ2n) is 6.11. The van der Waals surface area contributed by atoms with Crippen molar-refractivity contribution in [1.29, 1.82) is 0 Å². The molecule has 0 aromatic heterocycles. The monoisotopic (exact) mass is 351 g/mol. The van der Waals surface area contributed by atoms with Crippen LogP contribution in [0.15, 0.2) is 29.5 Å². The van der Waals surface area contributed by atoms with E-state index in [0.29, 0.717) is 33.8 Å². The van der Waals surface area contributed by atoms with Gasteiger partial charge in [-0.3, -0.25) is 9.69 Å². The summed E-state index contributed by atoms with van der Waals surface area (Å²) in [7, 11) is 1.68. The van der Waals surface area contributed by atoms with Crippen molar-refractivity contribution in [3.8, 4) is 0 Å². The number of likely N-dealkylation sites (N-methyl/N-ethyl adjacent to an activating group) is 1. The molecule has 0 bridgehead atoms. The Hall–Kier alpha value is -1.72. The smallest absolute Gasteiger partial charge is 0.322 e. The van der Waals surface area contributed by atoms with Crippen molar-refractivity contribution in [3.63, 3.8) is 0 Å². The summed E-state index contributed by atoms with van der Waals surface area (Å²) in [6.07, 6.45) is 2.06. The first-order chi connectivity index (χ1) is 11.0. The van der Waals surface area contributed by atoms with Crippen LogP contribution in [0.2, 0.25) is 10.0 Å². The van der Waals surface area contributed by atoms with Crippen LogP contribution in [0.5, 0.6) is 0 Å². The van der Waals surface area contributed by atoms with Gasteiger partial charge in [0.2, 0.25) is 0 Å². The molecule has 0 radical (unpaired) electrons. The Bertz CT molecular complexity index is 758. The Kier molecular flexibility index (Phi) is 3.32. The minimum Gasteiger partial charge on any atom is -0.330 e. The molecule has 1 N–H and O–H groups in total. The van der Waals surface area contributed by atoms with Crippen molar-refractivity contribution < 1.29 is 9.59 Å². The van der Waals surface area contributed by atoms with Gasteiger partial charge in [-0.25, -0.2) is 4.79 Å². The Balaban J connectivity index is 1.81. The molecule has 1 aliphatic carbocycles. The van der Waals surface area contributed by atoms with E-state index in [-0.39, 0.29) is 11.9 Å². The molecule has 0 saturated heterocycles. The zero-order valence-corrected chi connectivity index (χ0v) is 14.0. The molecule has 2 heterocycles. The van der Waals surface area contributed by atoms with Gasteiger partial charge in [-0.2, -0.15) is 0 Å². The summed E-state index contributed by atoms with van der Waals surface area (Å²) in [5.74, 6) is -0.0182. The number of hydrogen-bond donors (Lipinski definition) is 1. The molecule has 4 rings (SSSR count). The van der Waals surface area contributed by atoms with Crippen LogP contribution < -0.4 is 5.32 Å². The van der Waals surface area contributed by atoms with Gasteiger partial charge in [0.1, 0.15) is 0 Å². The van der Waals surface area contributed by atoms with Crippen LogP contribution in [0.4, 0.5) is 4.79 Å². The lowest BCUT2D eigenvalue weighted by Gasteiger charge is -2.31. The van der Waals surface area contributed by atoms with E-state index >= 15 is 0 Å². The molecule has 1 saturated carbocycles. The zero-order chi connectivity index (χ0) is 16.3. The first-order valence-electron chi connectivity index (χ1n) is 7.51. The number of carbonyl (C=O) groups is 2. The third-order valence-electron chi connectivity index (χ3n) is 4.67. The molecule has 2 aliphatic heterocycles. The molecule has 1 aromatic carbocycles. The van der Waals surface area contributed by atoms with Crippen molar-refractivity contribution in [1.82, 2.24) is 15.1 Å². The van der Waals surface area contributed by atoms with Gasteiger partial charge >= 0.3 is 6.03 Å². The fourth-order valence-electron chi connectivity index (χ4n) is 3.25. The van der Waals surface area contributed by atoms with E-state index in [9.17, 15) is 9.59 Å². The predicted molar refractivity (Wildman–Crippen MR) is 87.3 cm³/mol. The maximum absolute atomic E-state index is 12.9. The number of urea groups is 1. The molecule has 23 heavy (non-hydrogen) atoms.